The largest absolute Gasteiger partial charge is 0.493 e. The van der Waals surface area contributed by atoms with Gasteiger partial charge in [0.25, 0.3) is 0 Å². The minimum Gasteiger partial charge on any atom is -0.493 e. The van der Waals surface area contributed by atoms with Gasteiger partial charge in [-0.3, -0.25) is 14.9 Å². The molecule has 0 aliphatic rings. The van der Waals surface area contributed by atoms with Crippen molar-refractivity contribution in [1.82, 2.24) is 4.98 Å². The van der Waals surface area contributed by atoms with Crippen molar-refractivity contribution < 1.29 is 23.8 Å². The molecule has 1 heterocycles. The summed E-state index contributed by atoms with van der Waals surface area (Å²) in [6.45, 7) is 0.179. The van der Waals surface area contributed by atoms with Crippen molar-refractivity contribution in [2.45, 2.75) is 13.0 Å². The third-order valence-electron chi connectivity index (χ3n) is 4.38. The number of hydrogen-bond donors (Lipinski definition) is 1. The Hall–Kier alpha value is -3.07. The zero-order chi connectivity index (χ0) is 23.8. The van der Waals surface area contributed by atoms with Crippen LogP contribution in [0.3, 0.4) is 0 Å². The molecule has 33 heavy (non-hydrogen) atoms. The van der Waals surface area contributed by atoms with Gasteiger partial charge in [0, 0.05) is 27.1 Å². The number of thiazole rings is 1. The average molecular weight is 507 g/mol. The first kappa shape index (κ1) is 24.6. The lowest BCUT2D eigenvalue weighted by Gasteiger charge is -2.13. The maximum absolute atomic E-state index is 12.2. The monoisotopic (exact) mass is 506 g/mol. The van der Waals surface area contributed by atoms with E-state index in [1.807, 2.05) is 0 Å². The molecule has 1 N–H and O–H groups in total. The number of halogens is 2. The molecule has 7 nitrogen and oxygen atoms in total. The Bertz CT molecular complexity index is 1160. The maximum atomic E-state index is 12.2. The van der Waals surface area contributed by atoms with Gasteiger partial charge in [-0.1, -0.05) is 35.3 Å². The number of nitrogens with one attached hydrogen (secondary N) is 1. The Morgan fingerprint density at radius 3 is 2.58 bits per heavy atom. The topological polar surface area (TPSA) is 86.8 Å². The summed E-state index contributed by atoms with van der Waals surface area (Å²) in [5, 5.41) is 5.78. The molecule has 0 aliphatic heterocycles. The summed E-state index contributed by atoms with van der Waals surface area (Å²) in [5.41, 5.74) is 1.95. The van der Waals surface area contributed by atoms with Gasteiger partial charge < -0.3 is 14.2 Å². The minimum atomic E-state index is -0.394. The SMILES string of the molecule is COC(=O)Cc1csc(NC(=O)/C=C/c2ccc(OCc3c(Cl)cccc3Cl)c(OC)c2)n1. The van der Waals surface area contributed by atoms with Crippen molar-refractivity contribution in [2.24, 2.45) is 0 Å². The Morgan fingerprint density at radius 2 is 1.88 bits per heavy atom. The van der Waals surface area contributed by atoms with Gasteiger partial charge in [0.15, 0.2) is 16.6 Å². The van der Waals surface area contributed by atoms with Crippen LogP contribution in [0.15, 0.2) is 47.9 Å². The lowest BCUT2D eigenvalue weighted by atomic mass is 10.2. The summed E-state index contributed by atoms with van der Waals surface area (Å²) >= 11 is 13.6. The number of aromatic nitrogens is 1. The summed E-state index contributed by atoms with van der Waals surface area (Å²) in [6.07, 6.45) is 3.06. The van der Waals surface area contributed by atoms with E-state index < -0.39 is 5.97 Å². The molecule has 3 aromatic rings. The maximum Gasteiger partial charge on any atom is 0.311 e. The fraction of sp³-hybridized carbons (Fsp3) is 0.174. The molecular formula is C23H20Cl2N2O5S. The number of nitrogens with zero attached hydrogens (tertiary/aromatic N) is 1. The number of hydrogen-bond acceptors (Lipinski definition) is 7. The van der Waals surface area contributed by atoms with Crippen LogP contribution >= 0.6 is 34.5 Å². The molecule has 0 unspecified atom stereocenters. The van der Waals surface area contributed by atoms with Gasteiger partial charge in [0.05, 0.1) is 26.3 Å². The fourth-order valence-corrected chi connectivity index (χ4v) is 3.93. The molecule has 2 aromatic carbocycles. The predicted octanol–water partition coefficient (Wildman–Crippen LogP) is 5.40. The summed E-state index contributed by atoms with van der Waals surface area (Å²) in [5.74, 6) is 0.250. The van der Waals surface area contributed by atoms with E-state index in [2.05, 4.69) is 15.0 Å². The van der Waals surface area contributed by atoms with Crippen LogP contribution in [0.2, 0.25) is 10.0 Å². The van der Waals surface area contributed by atoms with E-state index in [-0.39, 0.29) is 18.9 Å². The average Bonchev–Trinajstić information content (AvgIpc) is 3.24. The van der Waals surface area contributed by atoms with E-state index in [1.165, 1.54) is 31.6 Å². The first-order valence-corrected chi connectivity index (χ1v) is 11.3. The molecule has 3 rings (SSSR count). The highest BCUT2D eigenvalue weighted by molar-refractivity contribution is 7.14. The molecule has 1 amide bonds. The Balaban J connectivity index is 1.62. The van der Waals surface area contributed by atoms with Crippen LogP contribution in [0.1, 0.15) is 16.8 Å². The van der Waals surface area contributed by atoms with E-state index in [0.717, 1.165) is 5.56 Å². The van der Waals surface area contributed by atoms with E-state index in [1.54, 1.807) is 47.9 Å². The molecule has 0 spiro atoms. The Morgan fingerprint density at radius 1 is 1.12 bits per heavy atom. The van der Waals surface area contributed by atoms with Crippen LogP contribution < -0.4 is 14.8 Å². The number of esters is 1. The van der Waals surface area contributed by atoms with Gasteiger partial charge >= 0.3 is 5.97 Å². The van der Waals surface area contributed by atoms with Crippen molar-refractivity contribution in [3.63, 3.8) is 0 Å². The van der Waals surface area contributed by atoms with Crippen molar-refractivity contribution in [2.75, 3.05) is 19.5 Å². The van der Waals surface area contributed by atoms with Crippen molar-refractivity contribution in [3.8, 4) is 11.5 Å². The van der Waals surface area contributed by atoms with Crippen molar-refractivity contribution in [1.29, 1.82) is 0 Å². The summed E-state index contributed by atoms with van der Waals surface area (Å²) < 4.78 is 15.8. The number of benzene rings is 2. The van der Waals surface area contributed by atoms with Gasteiger partial charge in [-0.2, -0.15) is 0 Å². The number of amides is 1. The number of rotatable bonds is 9. The highest BCUT2D eigenvalue weighted by atomic mass is 35.5. The minimum absolute atomic E-state index is 0.0512. The van der Waals surface area contributed by atoms with Gasteiger partial charge in [-0.15, -0.1) is 11.3 Å². The highest BCUT2D eigenvalue weighted by Crippen LogP contribution is 2.31. The van der Waals surface area contributed by atoms with Crippen LogP contribution in [0.4, 0.5) is 5.13 Å². The third kappa shape index (κ3) is 6.95. The van der Waals surface area contributed by atoms with Crippen LogP contribution in [-0.2, 0) is 27.4 Å². The molecular weight excluding hydrogens is 487 g/mol. The van der Waals surface area contributed by atoms with Crippen LogP contribution in [0, 0.1) is 0 Å². The summed E-state index contributed by atoms with van der Waals surface area (Å²) in [6, 6.07) is 10.5. The molecule has 10 heteroatoms. The van der Waals surface area contributed by atoms with Crippen LogP contribution in [-0.4, -0.2) is 31.1 Å². The van der Waals surface area contributed by atoms with Crippen LogP contribution in [0.5, 0.6) is 11.5 Å². The molecule has 172 valence electrons. The van der Waals surface area contributed by atoms with Gasteiger partial charge in [-0.25, -0.2) is 4.98 Å². The fourth-order valence-electron chi connectivity index (χ4n) is 2.71. The second-order valence-corrected chi connectivity index (χ2v) is 8.29. The molecule has 1 aromatic heterocycles. The van der Waals surface area contributed by atoms with E-state index in [4.69, 9.17) is 32.7 Å². The first-order chi connectivity index (χ1) is 15.9. The van der Waals surface area contributed by atoms with E-state index >= 15 is 0 Å². The van der Waals surface area contributed by atoms with Gasteiger partial charge in [0.1, 0.15) is 6.61 Å². The summed E-state index contributed by atoms with van der Waals surface area (Å²) in [4.78, 5) is 27.7. The first-order valence-electron chi connectivity index (χ1n) is 9.63. The molecule has 0 bridgehead atoms. The van der Waals surface area contributed by atoms with E-state index in [9.17, 15) is 9.59 Å². The molecule has 0 saturated heterocycles. The quantitative estimate of drug-likeness (QED) is 0.308. The Kier molecular flexibility index (Phi) is 8.71. The second-order valence-electron chi connectivity index (χ2n) is 6.62. The molecule has 0 aliphatic carbocycles. The normalized spacial score (nSPS) is 10.8. The number of carbonyl (C=O) groups is 2. The van der Waals surface area contributed by atoms with Crippen molar-refractivity contribution >= 4 is 57.6 Å². The Labute approximate surface area is 204 Å². The number of methoxy groups -OCH3 is 2. The number of anilines is 1. The molecule has 0 saturated carbocycles. The molecule has 0 atom stereocenters. The standard InChI is InChI=1S/C23H20Cl2N2O5S/c1-30-20-10-14(6-8-19(20)32-12-16-17(24)4-3-5-18(16)25)7-9-21(28)27-23-26-15(13-33-23)11-22(29)31-2/h3-10,13H,11-12H2,1-2H3,(H,26,27,28)/b9-7+. The number of carbonyl (C=O) groups excluding carboxylic acids is 2. The number of ether oxygens (including phenoxy) is 3. The molecule has 0 fully saturated rings. The lowest BCUT2D eigenvalue weighted by molar-refractivity contribution is -0.139. The second kappa shape index (κ2) is 11.7. The van der Waals surface area contributed by atoms with Gasteiger partial charge in [-0.05, 0) is 35.9 Å². The van der Waals surface area contributed by atoms with Crippen molar-refractivity contribution in [3.05, 3.63) is 74.7 Å². The zero-order valence-electron chi connectivity index (χ0n) is 17.8. The smallest absolute Gasteiger partial charge is 0.311 e. The third-order valence-corrected chi connectivity index (χ3v) is 5.90. The zero-order valence-corrected chi connectivity index (χ0v) is 20.1. The predicted molar refractivity (Wildman–Crippen MR) is 129 cm³/mol. The van der Waals surface area contributed by atoms with Gasteiger partial charge in [0.2, 0.25) is 5.91 Å². The lowest BCUT2D eigenvalue weighted by Crippen LogP contribution is -2.08. The highest BCUT2D eigenvalue weighted by Gasteiger charge is 2.11. The molecule has 0 radical (unpaired) electrons. The van der Waals surface area contributed by atoms with E-state index in [0.29, 0.717) is 37.9 Å². The van der Waals surface area contributed by atoms with Crippen LogP contribution in [0.25, 0.3) is 6.08 Å². The summed E-state index contributed by atoms with van der Waals surface area (Å²) in [7, 11) is 2.84.